The van der Waals surface area contributed by atoms with Crippen molar-refractivity contribution in [1.82, 2.24) is 10.2 Å². The van der Waals surface area contributed by atoms with Crippen LogP contribution in [0.2, 0.25) is 0 Å². The minimum atomic E-state index is 0.713. The summed E-state index contributed by atoms with van der Waals surface area (Å²) in [6, 6.07) is 1.48. The maximum absolute atomic E-state index is 3.53. The summed E-state index contributed by atoms with van der Waals surface area (Å²) in [5.74, 6) is 0. The predicted octanol–water partition coefficient (Wildman–Crippen LogP) is 2.64. The van der Waals surface area contributed by atoms with Crippen molar-refractivity contribution in [3.05, 3.63) is 0 Å². The van der Waals surface area contributed by atoms with Gasteiger partial charge in [-0.3, -0.25) is 4.90 Å². The van der Waals surface area contributed by atoms with Crippen molar-refractivity contribution in [3.63, 3.8) is 0 Å². The van der Waals surface area contributed by atoms with Crippen LogP contribution in [0, 0.1) is 0 Å². The zero-order valence-electron chi connectivity index (χ0n) is 10.8. The van der Waals surface area contributed by atoms with Crippen LogP contribution < -0.4 is 5.32 Å². The highest BCUT2D eigenvalue weighted by molar-refractivity contribution is 4.84. The summed E-state index contributed by atoms with van der Waals surface area (Å²) in [5, 5.41) is 3.53. The minimum Gasteiger partial charge on any atom is -0.315 e. The highest BCUT2D eigenvalue weighted by atomic mass is 15.2. The van der Waals surface area contributed by atoms with E-state index in [1.54, 1.807) is 0 Å². The van der Waals surface area contributed by atoms with E-state index in [1.807, 2.05) is 0 Å². The summed E-state index contributed by atoms with van der Waals surface area (Å²) < 4.78 is 0. The largest absolute Gasteiger partial charge is 0.315 e. The fraction of sp³-hybridized carbons (Fsp3) is 1.00. The molecule has 0 aromatic carbocycles. The van der Waals surface area contributed by atoms with Crippen LogP contribution in [0.25, 0.3) is 0 Å². The number of nitrogens with one attached hydrogen (secondary N) is 1. The van der Waals surface area contributed by atoms with Crippen LogP contribution in [0.5, 0.6) is 0 Å². The molecule has 1 rings (SSSR count). The lowest BCUT2D eigenvalue weighted by molar-refractivity contribution is 0.149. The van der Waals surface area contributed by atoms with E-state index < -0.39 is 0 Å². The molecule has 1 aliphatic carbocycles. The molecule has 0 aromatic heterocycles. The van der Waals surface area contributed by atoms with E-state index in [9.17, 15) is 0 Å². The maximum Gasteiger partial charge on any atom is 0.0248 e. The lowest BCUT2D eigenvalue weighted by Crippen LogP contribution is -2.49. The van der Waals surface area contributed by atoms with Gasteiger partial charge in [0.15, 0.2) is 0 Å². The van der Waals surface area contributed by atoms with Gasteiger partial charge < -0.3 is 5.32 Å². The quantitative estimate of drug-likeness (QED) is 0.770. The van der Waals surface area contributed by atoms with Crippen molar-refractivity contribution < 1.29 is 0 Å². The topological polar surface area (TPSA) is 15.3 Å². The fourth-order valence-electron chi connectivity index (χ4n) is 2.93. The van der Waals surface area contributed by atoms with Crippen molar-refractivity contribution >= 4 is 0 Å². The molecule has 0 heterocycles. The van der Waals surface area contributed by atoms with Gasteiger partial charge in [-0.15, -0.1) is 0 Å². The van der Waals surface area contributed by atoms with Gasteiger partial charge in [-0.1, -0.05) is 39.5 Å². The normalized spacial score (nSPS) is 28.8. The Bertz CT molecular complexity index is 155. The number of nitrogens with zero attached hydrogens (tertiary/aromatic N) is 1. The molecule has 0 spiro atoms. The monoisotopic (exact) mass is 212 g/mol. The second-order valence-corrected chi connectivity index (χ2v) is 4.68. The van der Waals surface area contributed by atoms with Crippen LogP contribution in [0.3, 0.4) is 0 Å². The molecule has 0 bridgehead atoms. The van der Waals surface area contributed by atoms with Crippen LogP contribution in [0.15, 0.2) is 0 Å². The zero-order valence-corrected chi connectivity index (χ0v) is 10.8. The molecule has 1 saturated carbocycles. The first-order valence-electron chi connectivity index (χ1n) is 6.74. The molecule has 15 heavy (non-hydrogen) atoms. The maximum atomic E-state index is 3.53. The Kier molecular flexibility index (Phi) is 6.26. The molecular weight excluding hydrogens is 184 g/mol. The summed E-state index contributed by atoms with van der Waals surface area (Å²) in [6.45, 7) is 6.96. The van der Waals surface area contributed by atoms with Gasteiger partial charge in [0, 0.05) is 12.1 Å². The molecule has 1 N–H and O–H groups in total. The first-order chi connectivity index (χ1) is 7.33. The Morgan fingerprint density at radius 3 is 2.13 bits per heavy atom. The Morgan fingerprint density at radius 2 is 1.60 bits per heavy atom. The molecule has 1 fully saturated rings. The molecule has 0 amide bonds. The molecular formula is C13H28N2. The molecule has 2 heteroatoms. The number of rotatable bonds is 4. The summed E-state index contributed by atoms with van der Waals surface area (Å²) in [6.07, 6.45) is 8.44. The summed E-state index contributed by atoms with van der Waals surface area (Å²) in [5.41, 5.74) is 0. The van der Waals surface area contributed by atoms with Crippen molar-refractivity contribution in [2.24, 2.45) is 0 Å². The Balaban J connectivity index is 2.59. The van der Waals surface area contributed by atoms with Crippen molar-refractivity contribution in [2.75, 3.05) is 20.1 Å². The van der Waals surface area contributed by atoms with E-state index in [1.165, 1.54) is 51.6 Å². The van der Waals surface area contributed by atoms with Gasteiger partial charge >= 0.3 is 0 Å². The molecule has 1 aliphatic rings. The molecule has 2 atom stereocenters. The second kappa shape index (κ2) is 7.24. The Hall–Kier alpha value is -0.0800. The second-order valence-electron chi connectivity index (χ2n) is 4.68. The van der Waals surface area contributed by atoms with Crippen LogP contribution >= 0.6 is 0 Å². The lowest BCUT2D eigenvalue weighted by Gasteiger charge is -2.37. The molecule has 2 nitrogen and oxygen atoms in total. The average Bonchev–Trinajstić information content (AvgIpc) is 2.23. The number of hydrogen-bond acceptors (Lipinski definition) is 2. The SMILES string of the molecule is CCN(CC)C1CCCCCCC1NC. The standard InChI is InChI=1S/C13H28N2/c1-4-15(5-2)13-11-9-7-6-8-10-12(13)14-3/h12-14H,4-11H2,1-3H3. The summed E-state index contributed by atoms with van der Waals surface area (Å²) in [7, 11) is 2.13. The number of hydrogen-bond donors (Lipinski definition) is 1. The third-order valence-corrected chi connectivity index (χ3v) is 3.88. The van der Waals surface area contributed by atoms with Crippen LogP contribution in [0.4, 0.5) is 0 Å². The molecule has 0 aromatic rings. The van der Waals surface area contributed by atoms with Gasteiger partial charge in [0.1, 0.15) is 0 Å². The molecule has 0 saturated heterocycles. The van der Waals surface area contributed by atoms with Crippen LogP contribution in [-0.4, -0.2) is 37.1 Å². The van der Waals surface area contributed by atoms with Gasteiger partial charge in [-0.25, -0.2) is 0 Å². The molecule has 0 radical (unpaired) electrons. The third-order valence-electron chi connectivity index (χ3n) is 3.88. The van der Waals surface area contributed by atoms with Crippen LogP contribution in [0.1, 0.15) is 52.4 Å². The third kappa shape index (κ3) is 3.76. The minimum absolute atomic E-state index is 0.713. The molecule has 2 unspecified atom stereocenters. The number of likely N-dealkylation sites (N-methyl/N-ethyl adjacent to an activating group) is 2. The first kappa shape index (κ1) is 13.0. The van der Waals surface area contributed by atoms with Crippen molar-refractivity contribution in [2.45, 2.75) is 64.5 Å². The van der Waals surface area contributed by atoms with Crippen molar-refractivity contribution in [3.8, 4) is 0 Å². The van der Waals surface area contributed by atoms with E-state index in [4.69, 9.17) is 0 Å². The Labute approximate surface area is 95.4 Å². The molecule has 90 valence electrons. The summed E-state index contributed by atoms with van der Waals surface area (Å²) in [4.78, 5) is 2.63. The van der Waals surface area contributed by atoms with Gasteiger partial charge in [0.05, 0.1) is 0 Å². The zero-order chi connectivity index (χ0) is 11.1. The van der Waals surface area contributed by atoms with Gasteiger partial charge in [-0.05, 0) is 33.0 Å². The highest BCUT2D eigenvalue weighted by Gasteiger charge is 2.25. The lowest BCUT2D eigenvalue weighted by atomic mass is 9.91. The van der Waals surface area contributed by atoms with E-state index in [2.05, 4.69) is 31.1 Å². The Morgan fingerprint density at radius 1 is 1.00 bits per heavy atom. The van der Waals surface area contributed by atoms with Gasteiger partial charge in [-0.2, -0.15) is 0 Å². The highest BCUT2D eigenvalue weighted by Crippen LogP contribution is 2.21. The first-order valence-corrected chi connectivity index (χ1v) is 6.74. The predicted molar refractivity (Wildman–Crippen MR) is 67.3 cm³/mol. The van der Waals surface area contributed by atoms with Gasteiger partial charge in [0.2, 0.25) is 0 Å². The van der Waals surface area contributed by atoms with Crippen LogP contribution in [-0.2, 0) is 0 Å². The molecule has 0 aliphatic heterocycles. The van der Waals surface area contributed by atoms with Crippen molar-refractivity contribution in [1.29, 1.82) is 0 Å². The fourth-order valence-corrected chi connectivity index (χ4v) is 2.93. The van der Waals surface area contributed by atoms with E-state index in [0.29, 0.717) is 6.04 Å². The smallest absolute Gasteiger partial charge is 0.0248 e. The van der Waals surface area contributed by atoms with E-state index in [-0.39, 0.29) is 0 Å². The van der Waals surface area contributed by atoms with E-state index in [0.717, 1.165) is 6.04 Å². The van der Waals surface area contributed by atoms with Gasteiger partial charge in [0.25, 0.3) is 0 Å². The summed E-state index contributed by atoms with van der Waals surface area (Å²) >= 11 is 0. The average molecular weight is 212 g/mol. The van der Waals surface area contributed by atoms with E-state index >= 15 is 0 Å².